The second-order valence-electron chi connectivity index (χ2n) is 6.61. The van der Waals surface area contributed by atoms with Gasteiger partial charge in [0.05, 0.1) is 6.26 Å². The summed E-state index contributed by atoms with van der Waals surface area (Å²) in [6.45, 7) is 4.81. The van der Waals surface area contributed by atoms with Crippen molar-refractivity contribution in [2.75, 3.05) is 32.7 Å². The maximum Gasteiger partial charge on any atom is 0.289 e. The van der Waals surface area contributed by atoms with Crippen LogP contribution in [0.4, 0.5) is 0 Å². The third kappa shape index (κ3) is 2.53. The molecule has 0 radical (unpaired) electrons. The Hall–Kier alpha value is -1.55. The van der Waals surface area contributed by atoms with E-state index in [1.165, 1.54) is 19.4 Å². The number of fused-ring (bicyclic) bond motifs is 2. The standard InChI is InChI=1S/C17H22N2O2/c20-17(16-2-1-9-21-16)19-7-5-18(6-8-19)12-15-11-13-3-4-14(15)10-13/h1-4,9,13-15H,5-8,10-12H2/t13-,14+,15+/m1/s1. The summed E-state index contributed by atoms with van der Waals surface area (Å²) in [4.78, 5) is 16.7. The topological polar surface area (TPSA) is 36.7 Å². The van der Waals surface area contributed by atoms with E-state index >= 15 is 0 Å². The van der Waals surface area contributed by atoms with Gasteiger partial charge >= 0.3 is 0 Å². The van der Waals surface area contributed by atoms with E-state index in [9.17, 15) is 4.79 Å². The van der Waals surface area contributed by atoms with Gasteiger partial charge in [0.25, 0.3) is 5.91 Å². The average molecular weight is 286 g/mol. The van der Waals surface area contributed by atoms with Crippen molar-refractivity contribution in [1.82, 2.24) is 9.80 Å². The molecule has 4 nitrogen and oxygen atoms in total. The van der Waals surface area contributed by atoms with Crippen LogP contribution >= 0.6 is 0 Å². The lowest BCUT2D eigenvalue weighted by Crippen LogP contribution is -2.50. The molecular formula is C17H22N2O2. The van der Waals surface area contributed by atoms with Crippen molar-refractivity contribution in [2.24, 2.45) is 17.8 Å². The van der Waals surface area contributed by atoms with E-state index in [0.29, 0.717) is 5.76 Å². The van der Waals surface area contributed by atoms with Crippen LogP contribution in [0.15, 0.2) is 35.0 Å². The molecule has 3 atom stereocenters. The van der Waals surface area contributed by atoms with E-state index in [4.69, 9.17) is 4.42 Å². The molecule has 1 saturated heterocycles. The predicted molar refractivity (Wildman–Crippen MR) is 79.9 cm³/mol. The summed E-state index contributed by atoms with van der Waals surface area (Å²) in [6, 6.07) is 3.52. The Labute approximate surface area is 125 Å². The summed E-state index contributed by atoms with van der Waals surface area (Å²) in [5, 5.41) is 0. The lowest BCUT2D eigenvalue weighted by Gasteiger charge is -2.36. The van der Waals surface area contributed by atoms with Gasteiger partial charge in [-0.1, -0.05) is 12.2 Å². The van der Waals surface area contributed by atoms with Crippen molar-refractivity contribution in [2.45, 2.75) is 12.8 Å². The SMILES string of the molecule is O=C(c1ccco1)N1CCN(C[C@@H]2C[C@@H]3C=C[C@H]2C3)CC1. The summed E-state index contributed by atoms with van der Waals surface area (Å²) in [7, 11) is 0. The Kier molecular flexibility index (Phi) is 3.34. The van der Waals surface area contributed by atoms with E-state index < -0.39 is 0 Å². The van der Waals surface area contributed by atoms with E-state index in [1.54, 1.807) is 18.4 Å². The molecule has 4 rings (SSSR count). The minimum absolute atomic E-state index is 0.0301. The van der Waals surface area contributed by atoms with Crippen LogP contribution in [0.3, 0.4) is 0 Å². The fraction of sp³-hybridized carbons (Fsp3) is 0.588. The molecule has 1 aliphatic heterocycles. The van der Waals surface area contributed by atoms with Crippen molar-refractivity contribution in [3.8, 4) is 0 Å². The zero-order chi connectivity index (χ0) is 14.2. The van der Waals surface area contributed by atoms with Gasteiger partial charge in [-0.25, -0.2) is 0 Å². The maximum absolute atomic E-state index is 12.2. The predicted octanol–water partition coefficient (Wildman–Crippen LogP) is 2.25. The summed E-state index contributed by atoms with van der Waals surface area (Å²) in [5.74, 6) is 3.00. The number of carbonyl (C=O) groups excluding carboxylic acids is 1. The van der Waals surface area contributed by atoms with Crippen molar-refractivity contribution in [1.29, 1.82) is 0 Å². The van der Waals surface area contributed by atoms with Gasteiger partial charge in [0.15, 0.2) is 5.76 Å². The molecule has 2 fully saturated rings. The number of hydrogen-bond acceptors (Lipinski definition) is 3. The van der Waals surface area contributed by atoms with Gasteiger partial charge in [0, 0.05) is 32.7 Å². The van der Waals surface area contributed by atoms with Gasteiger partial charge in [0.1, 0.15) is 0 Å². The lowest BCUT2D eigenvalue weighted by molar-refractivity contribution is 0.0580. The molecule has 1 saturated carbocycles. The third-order valence-corrected chi connectivity index (χ3v) is 5.30. The largest absolute Gasteiger partial charge is 0.459 e. The van der Waals surface area contributed by atoms with Crippen LogP contribution in [0, 0.1) is 17.8 Å². The summed E-state index contributed by atoms with van der Waals surface area (Å²) < 4.78 is 5.20. The second kappa shape index (κ2) is 5.34. The quantitative estimate of drug-likeness (QED) is 0.800. The lowest BCUT2D eigenvalue weighted by atomic mass is 9.93. The molecule has 0 aromatic carbocycles. The number of rotatable bonds is 3. The Morgan fingerprint density at radius 3 is 2.67 bits per heavy atom. The second-order valence-corrected chi connectivity index (χ2v) is 6.61. The number of amides is 1. The number of hydrogen-bond donors (Lipinski definition) is 0. The number of nitrogens with zero attached hydrogens (tertiary/aromatic N) is 2. The van der Waals surface area contributed by atoms with Crippen molar-refractivity contribution in [3.05, 3.63) is 36.3 Å². The molecule has 3 aliphatic rings. The van der Waals surface area contributed by atoms with E-state index in [1.807, 2.05) is 4.90 Å². The van der Waals surface area contributed by atoms with Gasteiger partial charge in [-0.3, -0.25) is 9.69 Å². The van der Waals surface area contributed by atoms with Crippen LogP contribution in [0.25, 0.3) is 0 Å². The first-order valence-electron chi connectivity index (χ1n) is 8.03. The normalized spacial score (nSPS) is 32.0. The average Bonchev–Trinajstić information content (AvgIpc) is 3.25. The molecule has 2 aliphatic carbocycles. The molecule has 0 unspecified atom stereocenters. The minimum atomic E-state index is 0.0301. The molecule has 112 valence electrons. The summed E-state index contributed by atoms with van der Waals surface area (Å²) in [5.41, 5.74) is 0. The van der Waals surface area contributed by atoms with Crippen LogP contribution in [-0.2, 0) is 0 Å². The summed E-state index contributed by atoms with van der Waals surface area (Å²) in [6.07, 6.45) is 9.14. The van der Waals surface area contributed by atoms with Crippen LogP contribution in [0.1, 0.15) is 23.4 Å². The zero-order valence-corrected chi connectivity index (χ0v) is 12.3. The van der Waals surface area contributed by atoms with Gasteiger partial charge in [-0.15, -0.1) is 0 Å². The number of piperazine rings is 1. The highest BCUT2D eigenvalue weighted by Gasteiger charge is 2.36. The molecule has 0 N–H and O–H groups in total. The smallest absolute Gasteiger partial charge is 0.289 e. The zero-order valence-electron chi connectivity index (χ0n) is 12.3. The highest BCUT2D eigenvalue weighted by atomic mass is 16.3. The van der Waals surface area contributed by atoms with E-state index in [2.05, 4.69) is 17.1 Å². The molecule has 2 bridgehead atoms. The Morgan fingerprint density at radius 2 is 2.05 bits per heavy atom. The summed E-state index contributed by atoms with van der Waals surface area (Å²) >= 11 is 0. The van der Waals surface area contributed by atoms with Crippen LogP contribution < -0.4 is 0 Å². The van der Waals surface area contributed by atoms with E-state index in [-0.39, 0.29) is 5.91 Å². The first-order valence-corrected chi connectivity index (χ1v) is 8.03. The van der Waals surface area contributed by atoms with Gasteiger partial charge in [-0.05, 0) is 42.7 Å². The molecule has 4 heteroatoms. The molecule has 1 aromatic rings. The van der Waals surface area contributed by atoms with Gasteiger partial charge in [-0.2, -0.15) is 0 Å². The monoisotopic (exact) mass is 286 g/mol. The van der Waals surface area contributed by atoms with Crippen LogP contribution in [0.2, 0.25) is 0 Å². The number of furan rings is 1. The molecule has 1 aromatic heterocycles. The maximum atomic E-state index is 12.2. The first-order chi connectivity index (χ1) is 10.3. The fourth-order valence-electron chi connectivity index (χ4n) is 4.13. The highest BCUT2D eigenvalue weighted by Crippen LogP contribution is 2.43. The number of allylic oxidation sites excluding steroid dienone is 2. The highest BCUT2D eigenvalue weighted by molar-refractivity contribution is 5.91. The molecular weight excluding hydrogens is 264 g/mol. The fourth-order valence-corrected chi connectivity index (χ4v) is 4.13. The van der Waals surface area contributed by atoms with Crippen molar-refractivity contribution in [3.63, 3.8) is 0 Å². The Balaban J connectivity index is 1.29. The van der Waals surface area contributed by atoms with E-state index in [0.717, 1.165) is 43.9 Å². The third-order valence-electron chi connectivity index (χ3n) is 5.30. The molecule has 1 amide bonds. The van der Waals surface area contributed by atoms with Gasteiger partial charge in [0.2, 0.25) is 0 Å². The van der Waals surface area contributed by atoms with Crippen molar-refractivity contribution >= 4 is 5.91 Å². The molecule has 21 heavy (non-hydrogen) atoms. The molecule has 2 heterocycles. The first kappa shape index (κ1) is 13.1. The minimum Gasteiger partial charge on any atom is -0.459 e. The molecule has 0 spiro atoms. The number of carbonyl (C=O) groups is 1. The Bertz CT molecular complexity index is 529. The van der Waals surface area contributed by atoms with Crippen LogP contribution in [0.5, 0.6) is 0 Å². The van der Waals surface area contributed by atoms with Crippen molar-refractivity contribution < 1.29 is 9.21 Å². The Morgan fingerprint density at radius 1 is 1.19 bits per heavy atom. The van der Waals surface area contributed by atoms with Crippen LogP contribution in [-0.4, -0.2) is 48.4 Å². The van der Waals surface area contributed by atoms with Gasteiger partial charge < -0.3 is 9.32 Å².